The van der Waals surface area contributed by atoms with Crippen LogP contribution in [0.3, 0.4) is 0 Å². The Morgan fingerprint density at radius 3 is 2.52 bits per heavy atom. The second kappa shape index (κ2) is 11.2. The van der Waals surface area contributed by atoms with E-state index in [0.29, 0.717) is 12.0 Å². The molecule has 1 fully saturated rings. The molecule has 6 nitrogen and oxygen atoms in total. The number of guanidine groups is 1. The predicted octanol–water partition coefficient (Wildman–Crippen LogP) is 3.65. The van der Waals surface area contributed by atoms with Gasteiger partial charge in [-0.3, -0.25) is 9.67 Å². The van der Waals surface area contributed by atoms with Crippen LogP contribution in [0.15, 0.2) is 4.99 Å². The van der Waals surface area contributed by atoms with Crippen LogP contribution in [0, 0.1) is 25.2 Å². The summed E-state index contributed by atoms with van der Waals surface area (Å²) in [6.07, 6.45) is 5.32. The van der Waals surface area contributed by atoms with Gasteiger partial charge < -0.3 is 15.4 Å². The average Bonchev–Trinajstić information content (AvgIpc) is 2.84. The number of aromatic nitrogens is 2. The zero-order chi connectivity index (χ0) is 19.2. The maximum absolute atomic E-state index is 5.17. The van der Waals surface area contributed by atoms with Crippen LogP contribution in [0.25, 0.3) is 0 Å². The van der Waals surface area contributed by atoms with Gasteiger partial charge in [-0.25, -0.2) is 0 Å². The van der Waals surface area contributed by atoms with Crippen LogP contribution in [0.1, 0.15) is 56.5 Å². The van der Waals surface area contributed by atoms with Gasteiger partial charge in [-0.1, -0.05) is 20.3 Å². The number of ether oxygens (including phenoxy) is 1. The van der Waals surface area contributed by atoms with Gasteiger partial charge in [0.05, 0.1) is 18.8 Å². The van der Waals surface area contributed by atoms with E-state index in [9.17, 15) is 0 Å². The smallest absolute Gasteiger partial charge is 0.191 e. The number of nitrogens with zero attached hydrogens (tertiary/aromatic N) is 3. The first-order chi connectivity index (χ1) is 12.4. The summed E-state index contributed by atoms with van der Waals surface area (Å²) in [4.78, 5) is 4.41. The lowest BCUT2D eigenvalue weighted by atomic mass is 9.64. The maximum Gasteiger partial charge on any atom is 0.191 e. The molecule has 0 saturated heterocycles. The first kappa shape index (κ1) is 24.2. The highest BCUT2D eigenvalue weighted by atomic mass is 127. The summed E-state index contributed by atoms with van der Waals surface area (Å²) in [5.74, 6) is 1.62. The van der Waals surface area contributed by atoms with E-state index >= 15 is 0 Å². The molecule has 1 aliphatic carbocycles. The number of hydrogen-bond donors (Lipinski definition) is 2. The Morgan fingerprint density at radius 1 is 1.30 bits per heavy atom. The Kier molecular flexibility index (Phi) is 10.1. The molecule has 1 saturated carbocycles. The van der Waals surface area contributed by atoms with Crippen molar-refractivity contribution in [3.8, 4) is 0 Å². The number of nitrogens with one attached hydrogen (secondary N) is 2. The van der Waals surface area contributed by atoms with Crippen LogP contribution in [0.2, 0.25) is 0 Å². The molecule has 2 N–H and O–H groups in total. The van der Waals surface area contributed by atoms with Crippen LogP contribution in [-0.4, -0.2) is 43.0 Å². The Hall–Kier alpha value is -0.830. The summed E-state index contributed by atoms with van der Waals surface area (Å²) in [5.41, 5.74) is 3.96. The molecule has 0 radical (unpaired) electrons. The third kappa shape index (κ3) is 6.62. The maximum atomic E-state index is 5.17. The van der Waals surface area contributed by atoms with Gasteiger partial charge in [-0.2, -0.15) is 5.10 Å². The summed E-state index contributed by atoms with van der Waals surface area (Å²) in [6.45, 7) is 12.0. The van der Waals surface area contributed by atoms with Crippen molar-refractivity contribution in [1.29, 1.82) is 0 Å². The number of hydrogen-bond acceptors (Lipinski definition) is 3. The second-order valence-electron chi connectivity index (χ2n) is 8.10. The van der Waals surface area contributed by atoms with Crippen LogP contribution in [0.4, 0.5) is 0 Å². The molecule has 0 amide bonds. The van der Waals surface area contributed by atoms with E-state index in [-0.39, 0.29) is 24.0 Å². The van der Waals surface area contributed by atoms with Crippen molar-refractivity contribution in [2.24, 2.45) is 16.3 Å². The highest BCUT2D eigenvalue weighted by Gasteiger charge is 2.37. The lowest BCUT2D eigenvalue weighted by Crippen LogP contribution is -2.46. The first-order valence-corrected chi connectivity index (χ1v) is 9.87. The zero-order valence-electron chi connectivity index (χ0n) is 17.9. The molecule has 27 heavy (non-hydrogen) atoms. The summed E-state index contributed by atoms with van der Waals surface area (Å²) < 4.78 is 7.19. The molecule has 156 valence electrons. The molecule has 0 spiro atoms. The van der Waals surface area contributed by atoms with Crippen molar-refractivity contribution in [3.05, 3.63) is 17.0 Å². The summed E-state index contributed by atoms with van der Waals surface area (Å²) >= 11 is 0. The molecule has 7 heteroatoms. The van der Waals surface area contributed by atoms with Crippen molar-refractivity contribution in [1.82, 2.24) is 20.4 Å². The van der Waals surface area contributed by atoms with E-state index in [1.807, 2.05) is 11.7 Å². The summed E-state index contributed by atoms with van der Waals surface area (Å²) in [6, 6.07) is 0. The molecule has 0 aliphatic heterocycles. The average molecular weight is 491 g/mol. The van der Waals surface area contributed by atoms with Crippen molar-refractivity contribution in [2.45, 2.75) is 66.5 Å². The normalized spacial score (nSPS) is 16.0. The molecule has 2 rings (SSSR count). The SMILES string of the molecule is CN=C(NCc1c(C)nn(CCOC)c1C)NCC1(CC(C)C)CCC1.I. The zero-order valence-corrected chi connectivity index (χ0v) is 20.2. The van der Waals surface area contributed by atoms with Gasteiger partial charge in [0, 0.05) is 38.5 Å². The van der Waals surface area contributed by atoms with Crippen molar-refractivity contribution in [2.75, 3.05) is 27.3 Å². The summed E-state index contributed by atoms with van der Waals surface area (Å²) in [7, 11) is 3.56. The van der Waals surface area contributed by atoms with E-state index in [2.05, 4.69) is 48.4 Å². The van der Waals surface area contributed by atoms with Gasteiger partial charge in [0.15, 0.2) is 5.96 Å². The fourth-order valence-corrected chi connectivity index (χ4v) is 4.05. The summed E-state index contributed by atoms with van der Waals surface area (Å²) in [5, 5.41) is 11.7. The van der Waals surface area contributed by atoms with E-state index in [0.717, 1.165) is 37.2 Å². The number of aryl methyl sites for hydroxylation is 1. The third-order valence-electron chi connectivity index (χ3n) is 5.58. The molecule has 0 bridgehead atoms. The van der Waals surface area contributed by atoms with Crippen LogP contribution in [0.5, 0.6) is 0 Å². The number of methoxy groups -OCH3 is 1. The highest BCUT2D eigenvalue weighted by Crippen LogP contribution is 2.45. The number of rotatable bonds is 9. The lowest BCUT2D eigenvalue weighted by molar-refractivity contribution is 0.104. The standard InChI is InChI=1S/C20H37N5O.HI/c1-15(2)12-20(8-7-9-20)14-23-19(21-5)22-13-18-16(3)24-25(17(18)4)10-11-26-6;/h15H,7-14H2,1-6H3,(H2,21,22,23);1H. The first-order valence-electron chi connectivity index (χ1n) is 9.87. The molecule has 1 aromatic heterocycles. The molecule has 1 aliphatic rings. The monoisotopic (exact) mass is 491 g/mol. The number of halogens is 1. The van der Waals surface area contributed by atoms with Gasteiger partial charge in [0.2, 0.25) is 0 Å². The molecular formula is C20H38IN5O. The molecule has 1 heterocycles. The van der Waals surface area contributed by atoms with Gasteiger partial charge in [-0.15, -0.1) is 24.0 Å². The van der Waals surface area contributed by atoms with E-state index in [4.69, 9.17) is 4.74 Å². The van der Waals surface area contributed by atoms with Crippen LogP contribution >= 0.6 is 24.0 Å². The lowest BCUT2D eigenvalue weighted by Gasteiger charge is -2.43. The van der Waals surface area contributed by atoms with E-state index < -0.39 is 0 Å². The Morgan fingerprint density at radius 2 is 2.00 bits per heavy atom. The van der Waals surface area contributed by atoms with Crippen LogP contribution in [-0.2, 0) is 17.8 Å². The van der Waals surface area contributed by atoms with E-state index in [1.165, 1.54) is 36.9 Å². The van der Waals surface area contributed by atoms with Crippen molar-refractivity contribution in [3.63, 3.8) is 0 Å². The quantitative estimate of drug-likeness (QED) is 0.315. The topological polar surface area (TPSA) is 63.5 Å². The largest absolute Gasteiger partial charge is 0.383 e. The fraction of sp³-hybridized carbons (Fsp3) is 0.800. The number of aliphatic imine (C=N–C) groups is 1. The Bertz CT molecular complexity index is 608. The minimum atomic E-state index is 0. The minimum Gasteiger partial charge on any atom is -0.383 e. The van der Waals surface area contributed by atoms with Crippen LogP contribution < -0.4 is 10.6 Å². The second-order valence-corrected chi connectivity index (χ2v) is 8.10. The third-order valence-corrected chi connectivity index (χ3v) is 5.58. The van der Waals surface area contributed by atoms with Crippen molar-refractivity contribution >= 4 is 29.9 Å². The molecule has 0 atom stereocenters. The van der Waals surface area contributed by atoms with Crippen molar-refractivity contribution < 1.29 is 4.74 Å². The van der Waals surface area contributed by atoms with Gasteiger partial charge in [0.1, 0.15) is 0 Å². The predicted molar refractivity (Wildman–Crippen MR) is 123 cm³/mol. The molecular weight excluding hydrogens is 453 g/mol. The molecule has 0 aromatic carbocycles. The highest BCUT2D eigenvalue weighted by molar-refractivity contribution is 14.0. The van der Waals surface area contributed by atoms with Gasteiger partial charge in [0.25, 0.3) is 0 Å². The van der Waals surface area contributed by atoms with Gasteiger partial charge in [-0.05, 0) is 44.4 Å². The van der Waals surface area contributed by atoms with Gasteiger partial charge >= 0.3 is 0 Å². The minimum absolute atomic E-state index is 0. The fourth-order valence-electron chi connectivity index (χ4n) is 4.05. The molecule has 0 unspecified atom stereocenters. The Labute approximate surface area is 181 Å². The molecule has 1 aromatic rings. The van der Waals surface area contributed by atoms with E-state index in [1.54, 1.807) is 7.11 Å². The Balaban J connectivity index is 0.00000364.